The van der Waals surface area contributed by atoms with Gasteiger partial charge in [0.2, 0.25) is 0 Å². The van der Waals surface area contributed by atoms with Crippen molar-refractivity contribution in [2.45, 2.75) is 13.3 Å². The molecule has 0 aromatic carbocycles. The predicted octanol–water partition coefficient (Wildman–Crippen LogP) is -1.25. The normalized spacial score (nSPS) is 9.83. The average Bonchev–Trinajstić information content (AvgIpc) is 2.29. The van der Waals surface area contributed by atoms with Gasteiger partial charge in [-0.05, 0) is 6.92 Å². The first kappa shape index (κ1) is 13.7. The van der Waals surface area contributed by atoms with Crippen LogP contribution in [0.1, 0.15) is 23.7 Å². The van der Waals surface area contributed by atoms with E-state index in [-0.39, 0.29) is 25.1 Å². The number of nitrogens with one attached hydrogen (secondary N) is 3. The lowest BCUT2D eigenvalue weighted by Gasteiger charge is -2.04. The second-order valence-electron chi connectivity index (χ2n) is 3.30. The zero-order valence-electron chi connectivity index (χ0n) is 9.74. The molecule has 0 spiro atoms. The lowest BCUT2D eigenvalue weighted by Crippen LogP contribution is -2.34. The summed E-state index contributed by atoms with van der Waals surface area (Å²) >= 11 is 0. The van der Waals surface area contributed by atoms with Gasteiger partial charge < -0.3 is 15.0 Å². The highest BCUT2D eigenvalue weighted by molar-refractivity contribution is 5.93. The number of amides is 1. The third-order valence-corrected chi connectivity index (χ3v) is 1.98. The fraction of sp³-hybridized carbons (Fsp3) is 0.400. The standard InChI is InChI=1S/C10H13N3O5/c1-2-18-7(14)3-4-11-8(15)6-5-12-10(17)13-9(6)16/h5H,2-4H2,1H3,(H,11,15)(H2,12,13,16,17). The molecule has 1 heterocycles. The molecule has 1 amide bonds. The van der Waals surface area contributed by atoms with Gasteiger partial charge >= 0.3 is 11.7 Å². The average molecular weight is 255 g/mol. The summed E-state index contributed by atoms with van der Waals surface area (Å²) < 4.78 is 4.66. The molecule has 1 rings (SSSR count). The van der Waals surface area contributed by atoms with Crippen LogP contribution >= 0.6 is 0 Å². The van der Waals surface area contributed by atoms with Crippen LogP contribution < -0.4 is 16.6 Å². The molecule has 1 aromatic heterocycles. The zero-order valence-corrected chi connectivity index (χ0v) is 9.74. The maximum absolute atomic E-state index is 11.5. The molecule has 8 nitrogen and oxygen atoms in total. The Labute approximate surface area is 101 Å². The minimum Gasteiger partial charge on any atom is -0.466 e. The maximum Gasteiger partial charge on any atom is 0.325 e. The first-order valence-electron chi connectivity index (χ1n) is 5.30. The number of carbonyl (C=O) groups is 2. The molecule has 8 heteroatoms. The summed E-state index contributed by atoms with van der Waals surface area (Å²) in [7, 11) is 0. The van der Waals surface area contributed by atoms with Crippen LogP contribution in [-0.4, -0.2) is 35.0 Å². The lowest BCUT2D eigenvalue weighted by molar-refractivity contribution is -0.142. The van der Waals surface area contributed by atoms with E-state index in [0.717, 1.165) is 6.20 Å². The van der Waals surface area contributed by atoms with Crippen molar-refractivity contribution in [1.82, 2.24) is 15.3 Å². The van der Waals surface area contributed by atoms with Gasteiger partial charge in [-0.25, -0.2) is 4.79 Å². The molecule has 3 N–H and O–H groups in total. The van der Waals surface area contributed by atoms with E-state index in [2.05, 4.69) is 15.0 Å². The van der Waals surface area contributed by atoms with Gasteiger partial charge in [-0.3, -0.25) is 19.4 Å². The highest BCUT2D eigenvalue weighted by atomic mass is 16.5. The lowest BCUT2D eigenvalue weighted by atomic mass is 10.3. The summed E-state index contributed by atoms with van der Waals surface area (Å²) in [5.41, 5.74) is -1.70. The number of hydrogen-bond donors (Lipinski definition) is 3. The Morgan fingerprint density at radius 3 is 2.72 bits per heavy atom. The quantitative estimate of drug-likeness (QED) is 0.567. The SMILES string of the molecule is CCOC(=O)CCNC(=O)c1c[nH]c(=O)[nH]c1=O. The van der Waals surface area contributed by atoms with E-state index in [1.165, 1.54) is 0 Å². The van der Waals surface area contributed by atoms with Crippen LogP contribution in [0.4, 0.5) is 0 Å². The fourth-order valence-electron chi connectivity index (χ4n) is 1.18. The second-order valence-corrected chi connectivity index (χ2v) is 3.30. The van der Waals surface area contributed by atoms with E-state index in [9.17, 15) is 19.2 Å². The van der Waals surface area contributed by atoms with E-state index < -0.39 is 23.1 Å². The second kappa shape index (κ2) is 6.38. The third kappa shape index (κ3) is 3.89. The van der Waals surface area contributed by atoms with Crippen molar-refractivity contribution in [3.8, 4) is 0 Å². The van der Waals surface area contributed by atoms with Crippen LogP contribution in [0.2, 0.25) is 0 Å². The highest BCUT2D eigenvalue weighted by Crippen LogP contribution is 1.88. The Morgan fingerprint density at radius 2 is 2.11 bits per heavy atom. The summed E-state index contributed by atoms with van der Waals surface area (Å²) in [4.78, 5) is 48.6. The van der Waals surface area contributed by atoms with Crippen LogP contribution in [0.3, 0.4) is 0 Å². The number of ether oxygens (including phenoxy) is 1. The molecule has 0 unspecified atom stereocenters. The summed E-state index contributed by atoms with van der Waals surface area (Å²) in [5.74, 6) is -1.11. The van der Waals surface area contributed by atoms with Crippen molar-refractivity contribution in [2.75, 3.05) is 13.2 Å². The largest absolute Gasteiger partial charge is 0.466 e. The maximum atomic E-state index is 11.5. The Hall–Kier alpha value is -2.38. The van der Waals surface area contributed by atoms with Gasteiger partial charge in [0.25, 0.3) is 11.5 Å². The molecule has 1 aromatic rings. The summed E-state index contributed by atoms with van der Waals surface area (Å²) in [5, 5.41) is 2.37. The van der Waals surface area contributed by atoms with Gasteiger partial charge in [-0.1, -0.05) is 0 Å². The molecule has 0 fully saturated rings. The van der Waals surface area contributed by atoms with Crippen LogP contribution in [0.25, 0.3) is 0 Å². The fourth-order valence-corrected chi connectivity index (χ4v) is 1.18. The number of aromatic amines is 2. The van der Waals surface area contributed by atoms with Crippen LogP contribution in [0, 0.1) is 0 Å². The number of rotatable bonds is 5. The van der Waals surface area contributed by atoms with Crippen LogP contribution in [-0.2, 0) is 9.53 Å². The molecule has 0 aliphatic carbocycles. The predicted molar refractivity (Wildman–Crippen MR) is 61.3 cm³/mol. The number of H-pyrrole nitrogens is 2. The van der Waals surface area contributed by atoms with Crippen molar-refractivity contribution < 1.29 is 14.3 Å². The van der Waals surface area contributed by atoms with E-state index in [4.69, 9.17) is 0 Å². The van der Waals surface area contributed by atoms with Crippen LogP contribution in [0.15, 0.2) is 15.8 Å². The monoisotopic (exact) mass is 255 g/mol. The molecule has 98 valence electrons. The topological polar surface area (TPSA) is 121 Å². The minimum absolute atomic E-state index is 0.0147. The van der Waals surface area contributed by atoms with E-state index in [1.54, 1.807) is 6.92 Å². The highest BCUT2D eigenvalue weighted by Gasteiger charge is 2.11. The zero-order chi connectivity index (χ0) is 13.5. The van der Waals surface area contributed by atoms with Crippen molar-refractivity contribution >= 4 is 11.9 Å². The number of hydrogen-bond acceptors (Lipinski definition) is 5. The smallest absolute Gasteiger partial charge is 0.325 e. The molecule has 18 heavy (non-hydrogen) atoms. The van der Waals surface area contributed by atoms with E-state index in [1.807, 2.05) is 4.98 Å². The summed E-state index contributed by atoms with van der Waals surface area (Å²) in [6.45, 7) is 2.00. The molecular formula is C10H13N3O5. The molecule has 0 bridgehead atoms. The molecule has 0 saturated heterocycles. The molecule has 0 radical (unpaired) electrons. The van der Waals surface area contributed by atoms with Gasteiger partial charge in [0.05, 0.1) is 13.0 Å². The molecule has 0 atom stereocenters. The Bertz CT molecular complexity index is 545. The first-order chi connectivity index (χ1) is 8.54. The minimum atomic E-state index is -0.785. The molecular weight excluding hydrogens is 242 g/mol. The number of carbonyl (C=O) groups excluding carboxylic acids is 2. The van der Waals surface area contributed by atoms with Crippen LogP contribution in [0.5, 0.6) is 0 Å². The third-order valence-electron chi connectivity index (χ3n) is 1.98. The molecule has 0 aliphatic heterocycles. The van der Waals surface area contributed by atoms with Gasteiger partial charge in [0.15, 0.2) is 0 Å². The van der Waals surface area contributed by atoms with E-state index >= 15 is 0 Å². The van der Waals surface area contributed by atoms with Gasteiger partial charge in [-0.2, -0.15) is 0 Å². The number of esters is 1. The van der Waals surface area contributed by atoms with Crippen molar-refractivity contribution in [1.29, 1.82) is 0 Å². The van der Waals surface area contributed by atoms with Crippen molar-refractivity contribution in [2.24, 2.45) is 0 Å². The Morgan fingerprint density at radius 1 is 1.39 bits per heavy atom. The van der Waals surface area contributed by atoms with E-state index in [0.29, 0.717) is 0 Å². The van der Waals surface area contributed by atoms with Gasteiger partial charge in [-0.15, -0.1) is 0 Å². The van der Waals surface area contributed by atoms with Crippen molar-refractivity contribution in [3.05, 3.63) is 32.6 Å². The first-order valence-corrected chi connectivity index (χ1v) is 5.30. The number of aromatic nitrogens is 2. The Kier molecular flexibility index (Phi) is 4.85. The summed E-state index contributed by atoms with van der Waals surface area (Å²) in [6.07, 6.45) is 1.03. The molecule has 0 aliphatic rings. The van der Waals surface area contributed by atoms with Crippen molar-refractivity contribution in [3.63, 3.8) is 0 Å². The summed E-state index contributed by atoms with van der Waals surface area (Å²) in [6, 6.07) is 0. The Balaban J connectivity index is 2.53. The van der Waals surface area contributed by atoms with Gasteiger partial charge in [0.1, 0.15) is 5.56 Å². The van der Waals surface area contributed by atoms with Gasteiger partial charge in [0, 0.05) is 12.7 Å². The molecule has 0 saturated carbocycles.